The lowest BCUT2D eigenvalue weighted by Gasteiger charge is -2.28. The van der Waals surface area contributed by atoms with E-state index in [4.69, 9.17) is 4.74 Å². The Labute approximate surface area is 133 Å². The first-order valence-electron chi connectivity index (χ1n) is 8.45. The van der Waals surface area contributed by atoms with Crippen molar-refractivity contribution in [2.45, 2.75) is 58.0 Å². The second-order valence-electron chi connectivity index (χ2n) is 6.15. The molecule has 0 bridgehead atoms. The van der Waals surface area contributed by atoms with Crippen LogP contribution < -0.4 is 14.7 Å². The zero-order valence-electron chi connectivity index (χ0n) is 13.5. The SMILES string of the molecule is CCOc1cccc(C[NH+](CC(=O)[O-])C2CCCCCC2)c1. The Balaban J connectivity index is 2.07. The topological polar surface area (TPSA) is 53.8 Å². The van der Waals surface area contributed by atoms with E-state index in [0.717, 1.165) is 35.6 Å². The molecule has 1 atom stereocenters. The number of carboxylic acids is 1. The standard InChI is InChI=1S/C18H27NO3/c1-2-22-17-11-7-8-15(12-17)13-19(14-18(20)21)16-9-5-3-4-6-10-16/h7-8,11-12,16H,2-6,9-10,13-14H2,1H3,(H,20,21). The van der Waals surface area contributed by atoms with Crippen LogP contribution in [-0.4, -0.2) is 25.2 Å². The smallest absolute Gasteiger partial charge is 0.119 e. The van der Waals surface area contributed by atoms with E-state index in [9.17, 15) is 9.90 Å². The van der Waals surface area contributed by atoms with E-state index >= 15 is 0 Å². The van der Waals surface area contributed by atoms with Gasteiger partial charge in [0, 0.05) is 5.56 Å². The van der Waals surface area contributed by atoms with Gasteiger partial charge < -0.3 is 19.5 Å². The molecule has 4 nitrogen and oxygen atoms in total. The van der Waals surface area contributed by atoms with Crippen LogP contribution in [0.5, 0.6) is 5.75 Å². The van der Waals surface area contributed by atoms with Crippen molar-refractivity contribution in [3.63, 3.8) is 0 Å². The third-order valence-corrected chi connectivity index (χ3v) is 4.44. The molecule has 1 aliphatic carbocycles. The van der Waals surface area contributed by atoms with Crippen LogP contribution in [0.25, 0.3) is 0 Å². The molecule has 1 aromatic carbocycles. The highest BCUT2D eigenvalue weighted by molar-refractivity contribution is 5.65. The average Bonchev–Trinajstić information content (AvgIpc) is 2.76. The van der Waals surface area contributed by atoms with Gasteiger partial charge in [-0.3, -0.25) is 0 Å². The summed E-state index contributed by atoms with van der Waals surface area (Å²) in [6, 6.07) is 8.42. The van der Waals surface area contributed by atoms with Gasteiger partial charge in [0.25, 0.3) is 0 Å². The number of hydrogen-bond acceptors (Lipinski definition) is 3. The Morgan fingerprint density at radius 2 is 2.00 bits per heavy atom. The second kappa shape index (κ2) is 8.79. The molecule has 1 saturated carbocycles. The van der Waals surface area contributed by atoms with Crippen molar-refractivity contribution >= 4 is 5.97 Å². The van der Waals surface area contributed by atoms with Gasteiger partial charge in [0.15, 0.2) is 0 Å². The first-order valence-corrected chi connectivity index (χ1v) is 8.45. The fourth-order valence-electron chi connectivity index (χ4n) is 3.40. The van der Waals surface area contributed by atoms with Crippen LogP contribution in [-0.2, 0) is 11.3 Å². The zero-order chi connectivity index (χ0) is 15.8. The highest BCUT2D eigenvalue weighted by Crippen LogP contribution is 2.16. The van der Waals surface area contributed by atoms with Crippen LogP contribution in [0.15, 0.2) is 24.3 Å². The maximum Gasteiger partial charge on any atom is 0.119 e. The van der Waals surface area contributed by atoms with Crippen LogP contribution >= 0.6 is 0 Å². The zero-order valence-corrected chi connectivity index (χ0v) is 13.5. The minimum atomic E-state index is -0.958. The molecule has 0 spiro atoms. The molecule has 0 aliphatic heterocycles. The number of carbonyl (C=O) groups is 1. The Morgan fingerprint density at radius 1 is 1.27 bits per heavy atom. The Morgan fingerprint density at radius 3 is 2.64 bits per heavy atom. The van der Waals surface area contributed by atoms with Crippen molar-refractivity contribution in [3.05, 3.63) is 29.8 Å². The van der Waals surface area contributed by atoms with Crippen molar-refractivity contribution in [1.29, 1.82) is 0 Å². The van der Waals surface area contributed by atoms with Crippen molar-refractivity contribution in [2.75, 3.05) is 13.2 Å². The number of aliphatic carboxylic acids is 1. The average molecular weight is 305 g/mol. The normalized spacial score (nSPS) is 17.7. The number of carboxylic acid groups (broad SMARTS) is 1. The third-order valence-electron chi connectivity index (χ3n) is 4.44. The molecule has 1 N–H and O–H groups in total. The monoisotopic (exact) mass is 305 g/mol. The number of quaternary nitrogens is 1. The van der Waals surface area contributed by atoms with E-state index in [1.54, 1.807) is 0 Å². The van der Waals surface area contributed by atoms with Crippen molar-refractivity contribution in [1.82, 2.24) is 0 Å². The summed E-state index contributed by atoms with van der Waals surface area (Å²) in [5, 5.41) is 11.1. The lowest BCUT2D eigenvalue weighted by Crippen LogP contribution is -3.15. The lowest BCUT2D eigenvalue weighted by molar-refractivity contribution is -0.934. The molecule has 1 unspecified atom stereocenters. The van der Waals surface area contributed by atoms with Gasteiger partial charge in [-0.1, -0.05) is 25.0 Å². The summed E-state index contributed by atoms with van der Waals surface area (Å²) >= 11 is 0. The molecular weight excluding hydrogens is 278 g/mol. The molecule has 0 heterocycles. The maximum absolute atomic E-state index is 11.1. The summed E-state index contributed by atoms with van der Waals surface area (Å²) in [6.45, 7) is 3.41. The predicted octanol–water partition coefficient (Wildman–Crippen LogP) is 0.943. The molecule has 22 heavy (non-hydrogen) atoms. The fourth-order valence-corrected chi connectivity index (χ4v) is 3.40. The van der Waals surface area contributed by atoms with Gasteiger partial charge in [0.1, 0.15) is 18.8 Å². The Hall–Kier alpha value is -1.55. The van der Waals surface area contributed by atoms with Crippen molar-refractivity contribution < 1.29 is 19.5 Å². The third kappa shape index (κ3) is 5.34. The van der Waals surface area contributed by atoms with Gasteiger partial charge in [-0.15, -0.1) is 0 Å². The molecule has 2 rings (SSSR count). The van der Waals surface area contributed by atoms with Crippen LogP contribution in [0.3, 0.4) is 0 Å². The quantitative estimate of drug-likeness (QED) is 0.763. The van der Waals surface area contributed by atoms with E-state index in [1.807, 2.05) is 25.1 Å². The summed E-state index contributed by atoms with van der Waals surface area (Å²) in [4.78, 5) is 12.3. The van der Waals surface area contributed by atoms with Gasteiger partial charge in [0.05, 0.1) is 18.6 Å². The van der Waals surface area contributed by atoms with Gasteiger partial charge in [-0.05, 0) is 44.7 Å². The van der Waals surface area contributed by atoms with Crippen LogP contribution in [0.1, 0.15) is 51.0 Å². The summed E-state index contributed by atoms with van der Waals surface area (Å²) in [5.41, 5.74) is 1.13. The first-order chi connectivity index (χ1) is 10.7. The Kier molecular flexibility index (Phi) is 6.72. The second-order valence-corrected chi connectivity index (χ2v) is 6.15. The van der Waals surface area contributed by atoms with Gasteiger partial charge in [0.2, 0.25) is 0 Å². The predicted molar refractivity (Wildman–Crippen MR) is 83.6 cm³/mol. The molecule has 122 valence electrons. The number of ether oxygens (including phenoxy) is 1. The minimum absolute atomic E-state index is 0.0868. The van der Waals surface area contributed by atoms with Crippen molar-refractivity contribution in [3.8, 4) is 5.75 Å². The molecule has 1 aliphatic rings. The van der Waals surface area contributed by atoms with Crippen LogP contribution in [0.4, 0.5) is 0 Å². The number of hydrogen-bond donors (Lipinski definition) is 1. The number of carbonyl (C=O) groups excluding carboxylic acids is 1. The number of rotatable bonds is 7. The summed E-state index contributed by atoms with van der Waals surface area (Å²) in [5.74, 6) is -0.103. The largest absolute Gasteiger partial charge is 0.544 e. The van der Waals surface area contributed by atoms with Crippen LogP contribution in [0, 0.1) is 0 Å². The number of benzene rings is 1. The highest BCUT2D eigenvalue weighted by atomic mass is 16.5. The molecule has 0 aromatic heterocycles. The summed E-state index contributed by atoms with van der Waals surface area (Å²) in [6.07, 6.45) is 7.20. The van der Waals surface area contributed by atoms with Gasteiger partial charge in [-0.25, -0.2) is 0 Å². The molecule has 1 fully saturated rings. The van der Waals surface area contributed by atoms with Crippen molar-refractivity contribution in [2.24, 2.45) is 0 Å². The maximum atomic E-state index is 11.1. The molecule has 4 heteroatoms. The lowest BCUT2D eigenvalue weighted by atomic mass is 10.1. The fraction of sp³-hybridized carbons (Fsp3) is 0.611. The van der Waals surface area contributed by atoms with E-state index in [2.05, 4.69) is 6.07 Å². The Bertz CT molecular complexity index is 467. The highest BCUT2D eigenvalue weighted by Gasteiger charge is 2.24. The molecule has 0 amide bonds. The first kappa shape index (κ1) is 16.8. The van der Waals surface area contributed by atoms with E-state index in [-0.39, 0.29) is 6.54 Å². The summed E-state index contributed by atoms with van der Waals surface area (Å²) < 4.78 is 5.54. The summed E-state index contributed by atoms with van der Waals surface area (Å²) in [7, 11) is 0. The van der Waals surface area contributed by atoms with Gasteiger partial charge >= 0.3 is 0 Å². The van der Waals surface area contributed by atoms with Gasteiger partial charge in [-0.2, -0.15) is 0 Å². The molecule has 1 aromatic rings. The molecule has 0 radical (unpaired) electrons. The van der Waals surface area contributed by atoms with E-state index in [1.165, 1.54) is 25.7 Å². The van der Waals surface area contributed by atoms with Crippen LogP contribution in [0.2, 0.25) is 0 Å². The number of nitrogens with one attached hydrogen (secondary N) is 1. The molecular formula is C18H27NO3. The van der Waals surface area contributed by atoms with E-state index in [0.29, 0.717) is 12.6 Å². The minimum Gasteiger partial charge on any atom is -0.544 e. The van der Waals surface area contributed by atoms with E-state index < -0.39 is 5.97 Å². The molecule has 0 saturated heterocycles.